The average molecular weight is 341 g/mol. The van der Waals surface area contributed by atoms with E-state index >= 15 is 0 Å². The zero-order valence-corrected chi connectivity index (χ0v) is 12.9. The summed E-state index contributed by atoms with van der Waals surface area (Å²) in [4.78, 5) is -0.322. The average Bonchev–Trinajstić information content (AvgIpc) is 2.43. The fraction of sp³-hybridized carbons (Fsp3) is 0.250. The highest BCUT2D eigenvalue weighted by atomic mass is 79.9. The summed E-state index contributed by atoms with van der Waals surface area (Å²) in [6.07, 6.45) is 0. The lowest BCUT2D eigenvalue weighted by Gasteiger charge is -2.14. The van der Waals surface area contributed by atoms with Gasteiger partial charge in [-0.15, -0.1) is 0 Å². The summed E-state index contributed by atoms with van der Waals surface area (Å²) in [5, 5.41) is 0. The summed E-state index contributed by atoms with van der Waals surface area (Å²) < 4.78 is 32.5. The van der Waals surface area contributed by atoms with E-state index in [0.29, 0.717) is 17.7 Å². The first-order valence-corrected chi connectivity index (χ1v) is 7.27. The number of hydrogen-bond donors (Lipinski definition) is 0. The van der Waals surface area contributed by atoms with Crippen molar-refractivity contribution in [1.82, 2.24) is 0 Å². The highest BCUT2D eigenvalue weighted by Crippen LogP contribution is 2.34. The molecule has 0 aliphatic heterocycles. The van der Waals surface area contributed by atoms with Crippen LogP contribution in [0.4, 0.5) is 8.78 Å². The van der Waals surface area contributed by atoms with Gasteiger partial charge in [0.05, 0.1) is 11.4 Å². The van der Waals surface area contributed by atoms with Gasteiger partial charge in [0.1, 0.15) is 17.4 Å². The van der Waals surface area contributed by atoms with E-state index in [2.05, 4.69) is 15.9 Å². The van der Waals surface area contributed by atoms with E-state index in [1.54, 1.807) is 6.92 Å². The monoisotopic (exact) mass is 340 g/mol. The molecule has 20 heavy (non-hydrogen) atoms. The Morgan fingerprint density at radius 1 is 1.10 bits per heavy atom. The quantitative estimate of drug-likeness (QED) is 0.699. The normalized spacial score (nSPS) is 12.2. The minimum atomic E-state index is -0.552. The van der Waals surface area contributed by atoms with Gasteiger partial charge in [0.25, 0.3) is 0 Å². The molecule has 1 nitrogen and oxygen atoms in total. The van der Waals surface area contributed by atoms with E-state index in [4.69, 9.17) is 4.74 Å². The van der Waals surface area contributed by atoms with Gasteiger partial charge in [0.15, 0.2) is 0 Å². The minimum Gasteiger partial charge on any atom is -0.494 e. The Labute approximate surface area is 125 Å². The van der Waals surface area contributed by atoms with Gasteiger partial charge in [0, 0.05) is 11.6 Å². The summed E-state index contributed by atoms with van der Waals surface area (Å²) >= 11 is 3.46. The van der Waals surface area contributed by atoms with Crippen molar-refractivity contribution in [3.05, 3.63) is 64.7 Å². The number of hydrogen-bond acceptors (Lipinski definition) is 1. The highest BCUT2D eigenvalue weighted by molar-refractivity contribution is 9.09. The second kappa shape index (κ2) is 6.35. The molecule has 0 spiro atoms. The first-order chi connectivity index (χ1) is 9.52. The fourth-order valence-electron chi connectivity index (χ4n) is 1.95. The van der Waals surface area contributed by atoms with Gasteiger partial charge in [0.2, 0.25) is 0 Å². The van der Waals surface area contributed by atoms with Crippen molar-refractivity contribution in [3.63, 3.8) is 0 Å². The van der Waals surface area contributed by atoms with E-state index in [0.717, 1.165) is 17.4 Å². The third kappa shape index (κ3) is 3.18. The zero-order valence-electron chi connectivity index (χ0n) is 11.3. The second-order valence-corrected chi connectivity index (χ2v) is 5.40. The third-order valence-electron chi connectivity index (χ3n) is 3.03. The number of aryl methyl sites for hydroxylation is 1. The summed E-state index contributed by atoms with van der Waals surface area (Å²) in [6.45, 7) is 4.14. The molecule has 2 aromatic rings. The summed E-state index contributed by atoms with van der Waals surface area (Å²) in [5.74, 6) is -0.312. The predicted octanol–water partition coefficient (Wildman–Crippen LogP) is 5.16. The first-order valence-electron chi connectivity index (χ1n) is 6.35. The van der Waals surface area contributed by atoms with Crippen LogP contribution in [0, 0.1) is 18.6 Å². The van der Waals surface area contributed by atoms with Crippen molar-refractivity contribution in [2.75, 3.05) is 6.61 Å². The zero-order chi connectivity index (χ0) is 14.7. The molecule has 1 unspecified atom stereocenters. The van der Waals surface area contributed by atoms with Crippen molar-refractivity contribution < 1.29 is 13.5 Å². The Balaban J connectivity index is 2.31. The van der Waals surface area contributed by atoms with Crippen LogP contribution < -0.4 is 4.74 Å². The molecule has 1 atom stereocenters. The maximum absolute atomic E-state index is 13.9. The lowest BCUT2D eigenvalue weighted by Crippen LogP contribution is -1.99. The van der Waals surface area contributed by atoms with Crippen LogP contribution in [0.2, 0.25) is 0 Å². The molecule has 0 bridgehead atoms. The van der Waals surface area contributed by atoms with Crippen LogP contribution in [-0.2, 0) is 0 Å². The largest absolute Gasteiger partial charge is 0.494 e. The van der Waals surface area contributed by atoms with Crippen LogP contribution >= 0.6 is 15.9 Å². The van der Waals surface area contributed by atoms with Crippen LogP contribution in [0.5, 0.6) is 5.75 Å². The molecule has 0 N–H and O–H groups in total. The van der Waals surface area contributed by atoms with Gasteiger partial charge < -0.3 is 4.74 Å². The Morgan fingerprint density at radius 3 is 2.35 bits per heavy atom. The Bertz CT molecular complexity index is 596. The smallest absolute Gasteiger partial charge is 0.130 e. The molecule has 0 amide bonds. The van der Waals surface area contributed by atoms with Gasteiger partial charge in [-0.1, -0.05) is 28.1 Å². The Morgan fingerprint density at radius 2 is 1.75 bits per heavy atom. The lowest BCUT2D eigenvalue weighted by molar-refractivity contribution is 0.340. The van der Waals surface area contributed by atoms with Crippen molar-refractivity contribution in [2.45, 2.75) is 18.7 Å². The molecule has 106 valence electrons. The standard InChI is InChI=1S/C16H15BrF2O/c1-3-20-12-6-4-11(5-7-12)16(17)13-8-10(2)14(18)9-15(13)19/h4-9,16H,3H2,1-2H3. The molecule has 0 fully saturated rings. The molecule has 0 radical (unpaired) electrons. The van der Waals surface area contributed by atoms with Gasteiger partial charge in [-0.2, -0.15) is 0 Å². The topological polar surface area (TPSA) is 9.23 Å². The molecule has 0 saturated carbocycles. The van der Waals surface area contributed by atoms with Crippen LogP contribution in [0.3, 0.4) is 0 Å². The summed E-state index contributed by atoms with van der Waals surface area (Å²) in [7, 11) is 0. The molecule has 0 heterocycles. The molecule has 2 aromatic carbocycles. The van der Waals surface area contributed by atoms with E-state index in [9.17, 15) is 8.78 Å². The van der Waals surface area contributed by atoms with E-state index in [1.807, 2.05) is 31.2 Å². The third-order valence-corrected chi connectivity index (χ3v) is 4.06. The molecular weight excluding hydrogens is 326 g/mol. The van der Waals surface area contributed by atoms with Crippen LogP contribution in [0.15, 0.2) is 36.4 Å². The Kier molecular flexibility index (Phi) is 4.76. The number of ether oxygens (including phenoxy) is 1. The molecule has 0 aliphatic rings. The number of halogens is 3. The maximum atomic E-state index is 13.9. The van der Waals surface area contributed by atoms with Gasteiger partial charge in [-0.3, -0.25) is 0 Å². The minimum absolute atomic E-state index is 0.322. The van der Waals surface area contributed by atoms with E-state index in [1.165, 1.54) is 6.07 Å². The molecule has 0 saturated heterocycles. The predicted molar refractivity (Wildman–Crippen MR) is 79.5 cm³/mol. The maximum Gasteiger partial charge on any atom is 0.130 e. The van der Waals surface area contributed by atoms with E-state index in [-0.39, 0.29) is 4.83 Å². The fourth-order valence-corrected chi connectivity index (χ4v) is 2.61. The number of alkyl halides is 1. The highest BCUT2D eigenvalue weighted by Gasteiger charge is 2.17. The van der Waals surface area contributed by atoms with Crippen LogP contribution in [0.25, 0.3) is 0 Å². The lowest BCUT2D eigenvalue weighted by atomic mass is 10.0. The van der Waals surface area contributed by atoms with Crippen molar-refractivity contribution in [1.29, 1.82) is 0 Å². The van der Waals surface area contributed by atoms with Crippen molar-refractivity contribution in [2.24, 2.45) is 0 Å². The van der Waals surface area contributed by atoms with Gasteiger partial charge >= 0.3 is 0 Å². The van der Waals surface area contributed by atoms with Crippen molar-refractivity contribution in [3.8, 4) is 5.75 Å². The van der Waals surface area contributed by atoms with Crippen LogP contribution in [-0.4, -0.2) is 6.61 Å². The SMILES string of the molecule is CCOc1ccc(C(Br)c2cc(C)c(F)cc2F)cc1. The van der Waals surface area contributed by atoms with Crippen molar-refractivity contribution >= 4 is 15.9 Å². The summed E-state index contributed by atoms with van der Waals surface area (Å²) in [5.41, 5.74) is 1.74. The van der Waals surface area contributed by atoms with E-state index < -0.39 is 11.6 Å². The molecule has 0 aromatic heterocycles. The first kappa shape index (κ1) is 15.0. The van der Waals surface area contributed by atoms with Crippen LogP contribution in [0.1, 0.15) is 28.4 Å². The second-order valence-electron chi connectivity index (χ2n) is 4.49. The molecule has 4 heteroatoms. The Hall–Kier alpha value is -1.42. The van der Waals surface area contributed by atoms with Gasteiger partial charge in [-0.05, 0) is 43.2 Å². The number of rotatable bonds is 4. The molecule has 0 aliphatic carbocycles. The summed E-state index contributed by atoms with van der Waals surface area (Å²) in [6, 6.07) is 9.85. The number of benzene rings is 2. The van der Waals surface area contributed by atoms with Gasteiger partial charge in [-0.25, -0.2) is 8.78 Å². The molecular formula is C16H15BrF2O. The molecule has 2 rings (SSSR count).